The van der Waals surface area contributed by atoms with Crippen molar-refractivity contribution in [2.75, 3.05) is 14.2 Å². The fourth-order valence-corrected chi connectivity index (χ4v) is 1.75. The van der Waals surface area contributed by atoms with Crippen LogP contribution in [0.25, 0.3) is 0 Å². The number of methoxy groups -OCH3 is 1. The number of quaternary nitrogens is 1. The Kier molecular flexibility index (Phi) is 6.71. The second-order valence-electron chi connectivity index (χ2n) is 4.75. The first-order valence-corrected chi connectivity index (χ1v) is 6.58. The van der Waals surface area contributed by atoms with Crippen LogP contribution in [-0.2, 0) is 16.1 Å². The zero-order valence-electron chi connectivity index (χ0n) is 12.6. The second-order valence-corrected chi connectivity index (χ2v) is 4.75. The lowest BCUT2D eigenvalue weighted by molar-refractivity contribution is -0.908. The molecule has 0 aromatic heterocycles. The van der Waals surface area contributed by atoms with Gasteiger partial charge in [0.1, 0.15) is 12.3 Å². The first-order valence-electron chi connectivity index (χ1n) is 6.58. The Labute approximate surface area is 127 Å². The molecule has 0 aliphatic rings. The van der Waals surface area contributed by atoms with Gasteiger partial charge in [0.2, 0.25) is 0 Å². The largest absolute Gasteiger partial charge is 0.453 e. The van der Waals surface area contributed by atoms with Crippen LogP contribution in [0.3, 0.4) is 0 Å². The summed E-state index contributed by atoms with van der Waals surface area (Å²) in [6, 6.07) is 5.68. The third-order valence-electron chi connectivity index (χ3n) is 3.17. The molecule has 2 amide bonds. The Balaban J connectivity index is 2.58. The predicted molar refractivity (Wildman–Crippen MR) is 73.7 cm³/mol. The first-order chi connectivity index (χ1) is 10.3. The SMILES string of the molecule is COC(=O)NC(=O)[C@@H](C)[NH+](C)Cc1ccc(OC(F)F)cc1. The smallest absolute Gasteiger partial charge is 0.413 e. The molecular formula is C14H19F2N2O4+. The lowest BCUT2D eigenvalue weighted by Gasteiger charge is -2.20. The number of hydrogen-bond donors (Lipinski definition) is 2. The van der Waals surface area contributed by atoms with Gasteiger partial charge in [-0.1, -0.05) is 0 Å². The van der Waals surface area contributed by atoms with Crippen molar-refractivity contribution in [2.45, 2.75) is 26.1 Å². The van der Waals surface area contributed by atoms with Crippen molar-refractivity contribution in [3.63, 3.8) is 0 Å². The monoisotopic (exact) mass is 317 g/mol. The van der Waals surface area contributed by atoms with Crippen molar-refractivity contribution in [2.24, 2.45) is 0 Å². The lowest BCUT2D eigenvalue weighted by atomic mass is 10.2. The molecule has 0 aliphatic heterocycles. The maximum atomic E-state index is 12.1. The molecule has 1 unspecified atom stereocenters. The number of hydrogen-bond acceptors (Lipinski definition) is 4. The predicted octanol–water partition coefficient (Wildman–Crippen LogP) is 0.574. The molecule has 2 N–H and O–H groups in total. The summed E-state index contributed by atoms with van der Waals surface area (Å²) in [4.78, 5) is 23.6. The lowest BCUT2D eigenvalue weighted by Crippen LogP contribution is -3.12. The molecule has 0 heterocycles. The van der Waals surface area contributed by atoms with Crippen LogP contribution < -0.4 is 15.0 Å². The molecule has 0 spiro atoms. The van der Waals surface area contributed by atoms with Gasteiger partial charge in [-0.2, -0.15) is 8.78 Å². The van der Waals surface area contributed by atoms with Crippen LogP contribution in [-0.4, -0.2) is 38.8 Å². The van der Waals surface area contributed by atoms with E-state index in [0.29, 0.717) is 6.54 Å². The summed E-state index contributed by atoms with van der Waals surface area (Å²) in [6.07, 6.45) is -0.807. The molecule has 2 atom stereocenters. The third-order valence-corrected chi connectivity index (χ3v) is 3.17. The van der Waals surface area contributed by atoms with Crippen LogP contribution in [0.4, 0.5) is 13.6 Å². The van der Waals surface area contributed by atoms with E-state index in [1.807, 2.05) is 0 Å². The molecule has 0 saturated heterocycles. The molecule has 0 radical (unpaired) electrons. The van der Waals surface area contributed by atoms with Gasteiger partial charge < -0.3 is 14.4 Å². The number of carbonyl (C=O) groups is 2. The summed E-state index contributed by atoms with van der Waals surface area (Å²) in [6.45, 7) is -0.715. The van der Waals surface area contributed by atoms with Gasteiger partial charge in [0.25, 0.3) is 5.91 Å². The Bertz CT molecular complexity index is 508. The van der Waals surface area contributed by atoms with Crippen molar-refractivity contribution in [3.05, 3.63) is 29.8 Å². The molecule has 122 valence electrons. The molecule has 0 aliphatic carbocycles. The number of benzene rings is 1. The molecular weight excluding hydrogens is 298 g/mol. The normalized spacial score (nSPS) is 13.4. The van der Waals surface area contributed by atoms with Crippen molar-refractivity contribution in [1.82, 2.24) is 5.32 Å². The van der Waals surface area contributed by atoms with E-state index in [9.17, 15) is 18.4 Å². The number of likely N-dealkylation sites (N-methyl/N-ethyl adjacent to an activating group) is 1. The Morgan fingerprint density at radius 1 is 1.27 bits per heavy atom. The highest BCUT2D eigenvalue weighted by molar-refractivity contribution is 5.93. The fraction of sp³-hybridized carbons (Fsp3) is 0.429. The average Bonchev–Trinajstić information content (AvgIpc) is 2.47. The van der Waals surface area contributed by atoms with Crippen LogP contribution in [0.5, 0.6) is 5.75 Å². The topological polar surface area (TPSA) is 69.1 Å². The Morgan fingerprint density at radius 3 is 2.36 bits per heavy atom. The molecule has 0 saturated carbocycles. The van der Waals surface area contributed by atoms with E-state index in [-0.39, 0.29) is 5.75 Å². The van der Waals surface area contributed by atoms with E-state index in [1.165, 1.54) is 19.2 Å². The summed E-state index contributed by atoms with van der Waals surface area (Å²) in [5.41, 5.74) is 0.844. The van der Waals surface area contributed by atoms with Crippen molar-refractivity contribution in [1.29, 1.82) is 0 Å². The van der Waals surface area contributed by atoms with E-state index >= 15 is 0 Å². The first kappa shape index (κ1) is 17.8. The fourth-order valence-electron chi connectivity index (χ4n) is 1.75. The van der Waals surface area contributed by atoms with Gasteiger partial charge in [-0.05, 0) is 31.2 Å². The summed E-state index contributed by atoms with van der Waals surface area (Å²) in [5, 5.41) is 2.10. The molecule has 1 rings (SSSR count). The minimum absolute atomic E-state index is 0.0767. The van der Waals surface area contributed by atoms with Crippen LogP contribution in [0.15, 0.2) is 24.3 Å². The van der Waals surface area contributed by atoms with E-state index in [2.05, 4.69) is 14.8 Å². The number of ether oxygens (including phenoxy) is 2. The molecule has 8 heteroatoms. The minimum atomic E-state index is -2.86. The second kappa shape index (κ2) is 8.28. The van der Waals surface area contributed by atoms with Crippen LogP contribution in [0, 0.1) is 0 Å². The van der Waals surface area contributed by atoms with Gasteiger partial charge >= 0.3 is 12.7 Å². The van der Waals surface area contributed by atoms with Crippen molar-refractivity contribution in [3.8, 4) is 5.75 Å². The van der Waals surface area contributed by atoms with E-state index in [1.54, 1.807) is 26.1 Å². The van der Waals surface area contributed by atoms with Gasteiger partial charge in [-0.3, -0.25) is 10.1 Å². The Hall–Kier alpha value is -2.22. The molecule has 0 bridgehead atoms. The number of alkyl halides is 2. The van der Waals surface area contributed by atoms with Crippen LogP contribution in [0.2, 0.25) is 0 Å². The van der Waals surface area contributed by atoms with Gasteiger partial charge in [0.05, 0.1) is 14.2 Å². The highest BCUT2D eigenvalue weighted by Crippen LogP contribution is 2.14. The van der Waals surface area contributed by atoms with Crippen molar-refractivity contribution >= 4 is 12.0 Å². The number of halogens is 2. The van der Waals surface area contributed by atoms with E-state index in [4.69, 9.17) is 0 Å². The molecule has 1 aromatic rings. The third kappa shape index (κ3) is 5.65. The van der Waals surface area contributed by atoms with E-state index in [0.717, 1.165) is 10.5 Å². The summed E-state index contributed by atoms with van der Waals surface area (Å²) >= 11 is 0. The number of nitrogens with one attached hydrogen (secondary N) is 2. The van der Waals surface area contributed by atoms with Gasteiger partial charge in [-0.25, -0.2) is 4.79 Å². The van der Waals surface area contributed by atoms with Crippen molar-refractivity contribution < 1.29 is 32.7 Å². The maximum Gasteiger partial charge on any atom is 0.413 e. The Morgan fingerprint density at radius 2 is 1.86 bits per heavy atom. The highest BCUT2D eigenvalue weighted by Gasteiger charge is 2.23. The minimum Gasteiger partial charge on any atom is -0.453 e. The van der Waals surface area contributed by atoms with Gasteiger partial charge in [0.15, 0.2) is 6.04 Å². The maximum absolute atomic E-state index is 12.1. The number of amides is 2. The number of imide groups is 1. The average molecular weight is 317 g/mol. The van der Waals surface area contributed by atoms with Crippen LogP contribution in [0.1, 0.15) is 12.5 Å². The standard InChI is InChI=1S/C14H18F2N2O4/c1-9(12(19)17-14(20)21-3)18(2)8-10-4-6-11(7-5-10)22-13(15)16/h4-7,9,13H,8H2,1-3H3,(H,17,19,20)/p+1/t9-/m1/s1. The van der Waals surface area contributed by atoms with Crippen LogP contribution >= 0.6 is 0 Å². The zero-order valence-corrected chi connectivity index (χ0v) is 12.6. The molecule has 1 aromatic carbocycles. The molecule has 0 fully saturated rings. The van der Waals surface area contributed by atoms with E-state index < -0.39 is 24.7 Å². The summed E-state index contributed by atoms with van der Waals surface area (Å²) < 4.78 is 32.7. The quantitative estimate of drug-likeness (QED) is 0.805. The number of carbonyl (C=O) groups excluding carboxylic acids is 2. The molecule has 6 nitrogen and oxygen atoms in total. The van der Waals surface area contributed by atoms with Gasteiger partial charge in [-0.15, -0.1) is 0 Å². The zero-order chi connectivity index (χ0) is 16.7. The summed E-state index contributed by atoms with van der Waals surface area (Å²) in [7, 11) is 2.96. The molecule has 22 heavy (non-hydrogen) atoms. The number of alkyl carbamates (subject to hydrolysis) is 1. The number of rotatable bonds is 6. The highest BCUT2D eigenvalue weighted by atomic mass is 19.3. The summed E-state index contributed by atoms with van der Waals surface area (Å²) in [5.74, 6) is -0.380. The van der Waals surface area contributed by atoms with Gasteiger partial charge in [0, 0.05) is 5.56 Å².